The maximum absolute atomic E-state index is 12.9. The Balaban J connectivity index is 1.39. The number of halogens is 1. The second-order valence-corrected chi connectivity index (χ2v) is 6.93. The van der Waals surface area contributed by atoms with E-state index in [9.17, 15) is 4.39 Å². The summed E-state index contributed by atoms with van der Waals surface area (Å²) in [5.41, 5.74) is 3.64. The number of morpholine rings is 1. The Labute approximate surface area is 166 Å². The quantitative estimate of drug-likeness (QED) is 0.569. The molecule has 0 radical (unpaired) electrons. The molecule has 1 aliphatic heterocycles. The van der Waals surface area contributed by atoms with Crippen LogP contribution in [0.25, 0.3) is 0 Å². The maximum atomic E-state index is 12.9. The molecule has 5 nitrogen and oxygen atoms in total. The molecule has 0 aliphatic carbocycles. The summed E-state index contributed by atoms with van der Waals surface area (Å²) in [5.74, 6) is 0.560. The highest BCUT2D eigenvalue weighted by atomic mass is 19.1. The highest BCUT2D eigenvalue weighted by Gasteiger charge is 2.10. The van der Waals surface area contributed by atoms with Crippen molar-refractivity contribution in [2.24, 2.45) is 4.99 Å². The Morgan fingerprint density at radius 1 is 0.964 bits per heavy atom. The molecular weight excluding hydrogens is 355 g/mol. The fourth-order valence-corrected chi connectivity index (χ4v) is 3.16. The van der Waals surface area contributed by atoms with E-state index < -0.39 is 0 Å². The van der Waals surface area contributed by atoms with Crippen molar-refractivity contribution in [3.05, 3.63) is 71.0 Å². The van der Waals surface area contributed by atoms with Gasteiger partial charge in [-0.15, -0.1) is 0 Å². The van der Waals surface area contributed by atoms with Crippen molar-refractivity contribution in [2.75, 3.05) is 39.9 Å². The van der Waals surface area contributed by atoms with Gasteiger partial charge < -0.3 is 15.4 Å². The van der Waals surface area contributed by atoms with Gasteiger partial charge >= 0.3 is 0 Å². The molecule has 2 N–H and O–H groups in total. The number of guanidine groups is 1. The Bertz CT molecular complexity index is 740. The minimum atomic E-state index is -0.204. The molecule has 2 aromatic carbocycles. The molecule has 1 aliphatic rings. The lowest BCUT2D eigenvalue weighted by Gasteiger charge is -2.26. The third-order valence-electron chi connectivity index (χ3n) is 4.84. The van der Waals surface area contributed by atoms with Gasteiger partial charge in [-0.1, -0.05) is 36.4 Å². The fourth-order valence-electron chi connectivity index (χ4n) is 3.16. The molecule has 1 fully saturated rings. The topological polar surface area (TPSA) is 48.9 Å². The van der Waals surface area contributed by atoms with Crippen molar-refractivity contribution in [1.29, 1.82) is 0 Å². The predicted octanol–water partition coefficient (Wildman–Crippen LogP) is 2.57. The van der Waals surface area contributed by atoms with Gasteiger partial charge in [-0.3, -0.25) is 9.89 Å². The van der Waals surface area contributed by atoms with Crippen molar-refractivity contribution in [3.8, 4) is 0 Å². The van der Waals surface area contributed by atoms with Crippen LogP contribution in [0.1, 0.15) is 16.7 Å². The van der Waals surface area contributed by atoms with E-state index in [1.807, 2.05) is 12.1 Å². The first-order chi connectivity index (χ1) is 13.7. The summed E-state index contributed by atoms with van der Waals surface area (Å²) >= 11 is 0. The summed E-state index contributed by atoms with van der Waals surface area (Å²) in [6.07, 6.45) is 0.817. The first-order valence-corrected chi connectivity index (χ1v) is 9.80. The number of hydrogen-bond acceptors (Lipinski definition) is 3. The summed E-state index contributed by atoms with van der Waals surface area (Å²) in [7, 11) is 1.76. The van der Waals surface area contributed by atoms with Crippen LogP contribution in [0.3, 0.4) is 0 Å². The van der Waals surface area contributed by atoms with Crippen LogP contribution in [0, 0.1) is 5.82 Å². The monoisotopic (exact) mass is 384 g/mol. The van der Waals surface area contributed by atoms with Crippen LogP contribution >= 0.6 is 0 Å². The highest BCUT2D eigenvalue weighted by molar-refractivity contribution is 5.79. The van der Waals surface area contributed by atoms with Crippen molar-refractivity contribution in [2.45, 2.75) is 19.5 Å². The summed E-state index contributed by atoms with van der Waals surface area (Å²) in [6, 6.07) is 15.3. The minimum absolute atomic E-state index is 0.204. The van der Waals surface area contributed by atoms with Gasteiger partial charge in [0.15, 0.2) is 5.96 Å². The maximum Gasteiger partial charge on any atom is 0.191 e. The summed E-state index contributed by atoms with van der Waals surface area (Å²) in [4.78, 5) is 6.68. The highest BCUT2D eigenvalue weighted by Crippen LogP contribution is 2.09. The molecule has 0 atom stereocenters. The predicted molar refractivity (Wildman–Crippen MR) is 111 cm³/mol. The molecule has 150 valence electrons. The molecule has 0 bridgehead atoms. The average molecular weight is 384 g/mol. The molecule has 0 aromatic heterocycles. The van der Waals surface area contributed by atoms with Crippen LogP contribution in [0.2, 0.25) is 0 Å². The second-order valence-electron chi connectivity index (χ2n) is 6.93. The fraction of sp³-hybridized carbons (Fsp3) is 0.409. The van der Waals surface area contributed by atoms with Gasteiger partial charge in [0.25, 0.3) is 0 Å². The zero-order chi connectivity index (χ0) is 19.6. The van der Waals surface area contributed by atoms with E-state index in [-0.39, 0.29) is 5.82 Å². The van der Waals surface area contributed by atoms with Crippen LogP contribution in [-0.4, -0.2) is 50.8 Å². The van der Waals surface area contributed by atoms with Gasteiger partial charge in [0, 0.05) is 39.8 Å². The van der Waals surface area contributed by atoms with Crippen molar-refractivity contribution in [1.82, 2.24) is 15.5 Å². The lowest BCUT2D eigenvalue weighted by atomic mass is 10.1. The molecule has 0 amide bonds. The molecule has 6 heteroatoms. The van der Waals surface area contributed by atoms with Gasteiger partial charge in [-0.25, -0.2) is 4.39 Å². The molecule has 28 heavy (non-hydrogen) atoms. The van der Waals surface area contributed by atoms with E-state index in [0.29, 0.717) is 6.54 Å². The van der Waals surface area contributed by atoms with Crippen LogP contribution in [0.5, 0.6) is 0 Å². The molecule has 0 spiro atoms. The zero-order valence-electron chi connectivity index (χ0n) is 16.5. The third kappa shape index (κ3) is 6.62. The first-order valence-electron chi connectivity index (χ1n) is 9.80. The molecule has 1 saturated heterocycles. The van der Waals surface area contributed by atoms with E-state index >= 15 is 0 Å². The summed E-state index contributed by atoms with van der Waals surface area (Å²) in [5, 5.41) is 6.63. The smallest absolute Gasteiger partial charge is 0.191 e. The number of benzene rings is 2. The van der Waals surface area contributed by atoms with Gasteiger partial charge in [-0.05, 0) is 35.2 Å². The van der Waals surface area contributed by atoms with Crippen LogP contribution in [0.4, 0.5) is 4.39 Å². The standard InChI is InChI=1S/C22H29FN4O/c1-24-22(25-11-10-18-6-8-21(23)9-7-18)26-16-19-2-4-20(5-3-19)17-27-12-14-28-15-13-27/h2-9H,10-17H2,1H3,(H2,24,25,26). The Morgan fingerprint density at radius 2 is 1.61 bits per heavy atom. The van der Waals surface area contributed by atoms with Crippen molar-refractivity contribution < 1.29 is 9.13 Å². The van der Waals surface area contributed by atoms with Crippen LogP contribution in [-0.2, 0) is 24.2 Å². The molecule has 0 saturated carbocycles. The lowest BCUT2D eigenvalue weighted by molar-refractivity contribution is 0.0342. The van der Waals surface area contributed by atoms with E-state index in [1.165, 1.54) is 23.3 Å². The SMILES string of the molecule is CN=C(NCCc1ccc(F)cc1)NCc1ccc(CN2CCOCC2)cc1. The Morgan fingerprint density at radius 3 is 2.29 bits per heavy atom. The van der Waals surface area contributed by atoms with Gasteiger partial charge in [0.1, 0.15) is 5.82 Å². The van der Waals surface area contributed by atoms with E-state index in [1.54, 1.807) is 7.05 Å². The number of rotatable bonds is 7. The Kier molecular flexibility index (Phi) is 7.82. The van der Waals surface area contributed by atoms with Crippen molar-refractivity contribution >= 4 is 5.96 Å². The van der Waals surface area contributed by atoms with Gasteiger partial charge in [0.05, 0.1) is 13.2 Å². The number of nitrogens with one attached hydrogen (secondary N) is 2. The second kappa shape index (κ2) is 10.8. The minimum Gasteiger partial charge on any atom is -0.379 e. The molecule has 0 unspecified atom stereocenters. The number of ether oxygens (including phenoxy) is 1. The normalized spacial score (nSPS) is 15.4. The molecule has 2 aromatic rings. The summed E-state index contributed by atoms with van der Waals surface area (Å²) in [6.45, 7) is 6.10. The van der Waals surface area contributed by atoms with E-state index in [0.717, 1.165) is 57.3 Å². The molecule has 1 heterocycles. The number of aliphatic imine (C=N–C) groups is 1. The zero-order valence-corrected chi connectivity index (χ0v) is 16.5. The first kappa shape index (κ1) is 20.3. The third-order valence-corrected chi connectivity index (χ3v) is 4.84. The van der Waals surface area contributed by atoms with E-state index in [2.05, 4.69) is 44.8 Å². The average Bonchev–Trinajstić information content (AvgIpc) is 2.74. The number of nitrogens with zero attached hydrogens (tertiary/aromatic N) is 2. The number of hydrogen-bond donors (Lipinski definition) is 2. The molecule has 3 rings (SSSR count). The van der Waals surface area contributed by atoms with Crippen LogP contribution < -0.4 is 10.6 Å². The van der Waals surface area contributed by atoms with Crippen molar-refractivity contribution in [3.63, 3.8) is 0 Å². The Hall–Kier alpha value is -2.44. The lowest BCUT2D eigenvalue weighted by Crippen LogP contribution is -2.37. The van der Waals surface area contributed by atoms with Crippen LogP contribution in [0.15, 0.2) is 53.5 Å². The van der Waals surface area contributed by atoms with Gasteiger partial charge in [0.2, 0.25) is 0 Å². The molecular formula is C22H29FN4O. The summed E-state index contributed by atoms with van der Waals surface area (Å²) < 4.78 is 18.3. The largest absolute Gasteiger partial charge is 0.379 e. The van der Waals surface area contributed by atoms with E-state index in [4.69, 9.17) is 4.74 Å². The van der Waals surface area contributed by atoms with Gasteiger partial charge in [-0.2, -0.15) is 0 Å².